The molecule has 0 bridgehead atoms. The molecule has 2 rings (SSSR count). The van der Waals surface area contributed by atoms with Gasteiger partial charge in [0.1, 0.15) is 0 Å². The van der Waals surface area contributed by atoms with Crippen molar-refractivity contribution in [3.63, 3.8) is 0 Å². The molecule has 0 atom stereocenters. The molecule has 0 amide bonds. The second kappa shape index (κ2) is 6.75. The van der Waals surface area contributed by atoms with Crippen molar-refractivity contribution in [2.24, 2.45) is 12.0 Å². The van der Waals surface area contributed by atoms with Crippen LogP contribution in [0.2, 0.25) is 0 Å². The Balaban J connectivity index is 1.98. The molecule has 0 radical (unpaired) electrons. The first kappa shape index (κ1) is 14.1. The van der Waals surface area contributed by atoms with E-state index in [2.05, 4.69) is 27.5 Å². The third-order valence-electron chi connectivity index (χ3n) is 3.03. The average Bonchev–Trinajstić information content (AvgIpc) is 2.85. The van der Waals surface area contributed by atoms with Gasteiger partial charge in [0.15, 0.2) is 5.96 Å². The van der Waals surface area contributed by atoms with Gasteiger partial charge in [-0.3, -0.25) is 4.68 Å². The van der Waals surface area contributed by atoms with Crippen molar-refractivity contribution >= 4 is 5.96 Å². The maximum Gasteiger partial charge on any atom is 0.194 e. The van der Waals surface area contributed by atoms with Gasteiger partial charge in [0.25, 0.3) is 0 Å². The average molecular weight is 271 g/mol. The molecule has 0 aliphatic carbocycles. The van der Waals surface area contributed by atoms with E-state index in [4.69, 9.17) is 0 Å². The van der Waals surface area contributed by atoms with Gasteiger partial charge in [0.05, 0.1) is 18.8 Å². The molecule has 1 heterocycles. The van der Waals surface area contributed by atoms with Crippen LogP contribution in [0.25, 0.3) is 0 Å². The SMILES string of the molecule is CN(C)C(=NCc1ccccc1)NCc1ccnn1C. The van der Waals surface area contributed by atoms with Gasteiger partial charge in [-0.1, -0.05) is 30.3 Å². The Hall–Kier alpha value is -2.30. The lowest BCUT2D eigenvalue weighted by atomic mass is 10.2. The summed E-state index contributed by atoms with van der Waals surface area (Å²) in [5.74, 6) is 0.870. The smallest absolute Gasteiger partial charge is 0.194 e. The molecule has 5 nitrogen and oxygen atoms in total. The van der Waals surface area contributed by atoms with Crippen molar-refractivity contribution in [3.05, 3.63) is 53.9 Å². The number of hydrogen-bond acceptors (Lipinski definition) is 2. The molecular formula is C15H21N5. The van der Waals surface area contributed by atoms with Crippen LogP contribution < -0.4 is 5.32 Å². The van der Waals surface area contributed by atoms with E-state index in [-0.39, 0.29) is 0 Å². The number of aryl methyl sites for hydroxylation is 1. The first-order valence-electron chi connectivity index (χ1n) is 6.63. The van der Waals surface area contributed by atoms with Crippen molar-refractivity contribution in [3.8, 4) is 0 Å². The van der Waals surface area contributed by atoms with Gasteiger partial charge in [-0.2, -0.15) is 5.10 Å². The summed E-state index contributed by atoms with van der Waals surface area (Å²) in [7, 11) is 5.91. The molecule has 20 heavy (non-hydrogen) atoms. The fraction of sp³-hybridized carbons (Fsp3) is 0.333. The maximum atomic E-state index is 4.62. The topological polar surface area (TPSA) is 45.4 Å². The lowest BCUT2D eigenvalue weighted by Gasteiger charge is -2.17. The van der Waals surface area contributed by atoms with E-state index >= 15 is 0 Å². The number of guanidine groups is 1. The van der Waals surface area contributed by atoms with Crippen molar-refractivity contribution in [2.75, 3.05) is 14.1 Å². The van der Waals surface area contributed by atoms with Crippen LogP contribution in [-0.4, -0.2) is 34.7 Å². The summed E-state index contributed by atoms with van der Waals surface area (Å²) in [6.45, 7) is 1.38. The largest absolute Gasteiger partial charge is 0.351 e. The molecule has 1 N–H and O–H groups in total. The zero-order valence-corrected chi connectivity index (χ0v) is 12.2. The van der Waals surface area contributed by atoms with Crippen LogP contribution >= 0.6 is 0 Å². The quantitative estimate of drug-likeness (QED) is 0.679. The highest BCUT2D eigenvalue weighted by atomic mass is 15.3. The standard InChI is InChI=1S/C15H21N5/c1-19(2)15(16-11-13-7-5-4-6-8-13)17-12-14-9-10-18-20(14)3/h4-10H,11-12H2,1-3H3,(H,16,17). The molecule has 5 heteroatoms. The summed E-state index contributed by atoms with van der Waals surface area (Å²) in [6, 6.07) is 12.2. The molecule has 106 valence electrons. The van der Waals surface area contributed by atoms with E-state index in [1.165, 1.54) is 5.56 Å². The molecule has 1 aromatic heterocycles. The van der Waals surface area contributed by atoms with Gasteiger partial charge in [-0.25, -0.2) is 4.99 Å². The normalized spacial score (nSPS) is 11.4. The van der Waals surface area contributed by atoms with Crippen LogP contribution in [0.3, 0.4) is 0 Å². The number of aromatic nitrogens is 2. The lowest BCUT2D eigenvalue weighted by Crippen LogP contribution is -2.36. The Morgan fingerprint density at radius 2 is 2.00 bits per heavy atom. The van der Waals surface area contributed by atoms with Crippen molar-refractivity contribution in [2.45, 2.75) is 13.1 Å². The van der Waals surface area contributed by atoms with E-state index in [9.17, 15) is 0 Å². The minimum absolute atomic E-state index is 0.673. The van der Waals surface area contributed by atoms with Gasteiger partial charge < -0.3 is 10.2 Å². The lowest BCUT2D eigenvalue weighted by molar-refractivity contribution is 0.571. The third kappa shape index (κ3) is 3.85. The maximum absolute atomic E-state index is 4.62. The summed E-state index contributed by atoms with van der Waals surface area (Å²) in [6.07, 6.45) is 1.80. The Labute approximate surface area is 119 Å². The molecule has 2 aromatic rings. The van der Waals surface area contributed by atoms with Crippen LogP contribution in [0.15, 0.2) is 47.6 Å². The number of benzene rings is 1. The molecule has 0 fully saturated rings. The highest BCUT2D eigenvalue weighted by Crippen LogP contribution is 2.01. The molecule has 0 aliphatic rings. The Kier molecular flexibility index (Phi) is 4.76. The summed E-state index contributed by atoms with van der Waals surface area (Å²) in [5, 5.41) is 7.50. The van der Waals surface area contributed by atoms with Crippen LogP contribution in [0.4, 0.5) is 0 Å². The summed E-state index contributed by atoms with van der Waals surface area (Å²) < 4.78 is 1.86. The zero-order valence-electron chi connectivity index (χ0n) is 12.2. The number of aliphatic imine (C=N–C) groups is 1. The molecule has 0 saturated heterocycles. The van der Waals surface area contributed by atoms with E-state index in [0.717, 1.165) is 11.7 Å². The van der Waals surface area contributed by atoms with Gasteiger partial charge in [-0.05, 0) is 11.6 Å². The monoisotopic (exact) mass is 271 g/mol. The summed E-state index contributed by atoms with van der Waals surface area (Å²) >= 11 is 0. The Morgan fingerprint density at radius 3 is 2.60 bits per heavy atom. The van der Waals surface area contributed by atoms with E-state index in [1.807, 2.05) is 55.0 Å². The van der Waals surface area contributed by atoms with E-state index in [0.29, 0.717) is 13.1 Å². The summed E-state index contributed by atoms with van der Waals surface area (Å²) in [5.41, 5.74) is 2.33. The van der Waals surface area contributed by atoms with Crippen LogP contribution in [0.5, 0.6) is 0 Å². The Morgan fingerprint density at radius 1 is 1.25 bits per heavy atom. The number of nitrogens with zero attached hydrogens (tertiary/aromatic N) is 4. The van der Waals surface area contributed by atoms with Gasteiger partial charge in [0, 0.05) is 27.3 Å². The number of nitrogens with one attached hydrogen (secondary N) is 1. The van der Waals surface area contributed by atoms with Gasteiger partial charge in [0.2, 0.25) is 0 Å². The van der Waals surface area contributed by atoms with Gasteiger partial charge >= 0.3 is 0 Å². The third-order valence-corrected chi connectivity index (χ3v) is 3.03. The van der Waals surface area contributed by atoms with Crippen molar-refractivity contribution < 1.29 is 0 Å². The second-order valence-electron chi connectivity index (χ2n) is 4.82. The van der Waals surface area contributed by atoms with E-state index in [1.54, 1.807) is 6.20 Å². The minimum atomic E-state index is 0.673. The molecular weight excluding hydrogens is 250 g/mol. The number of rotatable bonds is 4. The molecule has 1 aromatic carbocycles. The van der Waals surface area contributed by atoms with Crippen LogP contribution in [0, 0.1) is 0 Å². The fourth-order valence-corrected chi connectivity index (χ4v) is 1.85. The van der Waals surface area contributed by atoms with Crippen LogP contribution in [0.1, 0.15) is 11.3 Å². The zero-order chi connectivity index (χ0) is 14.4. The molecule has 0 saturated carbocycles. The highest BCUT2D eigenvalue weighted by Gasteiger charge is 2.03. The molecule has 0 aliphatic heterocycles. The highest BCUT2D eigenvalue weighted by molar-refractivity contribution is 5.79. The predicted octanol–water partition coefficient (Wildman–Crippen LogP) is 1.63. The van der Waals surface area contributed by atoms with Crippen LogP contribution in [-0.2, 0) is 20.1 Å². The second-order valence-corrected chi connectivity index (χ2v) is 4.82. The van der Waals surface area contributed by atoms with Gasteiger partial charge in [-0.15, -0.1) is 0 Å². The van der Waals surface area contributed by atoms with Crippen molar-refractivity contribution in [1.29, 1.82) is 0 Å². The predicted molar refractivity (Wildman–Crippen MR) is 81.3 cm³/mol. The molecule has 0 unspecified atom stereocenters. The van der Waals surface area contributed by atoms with E-state index < -0.39 is 0 Å². The fourth-order valence-electron chi connectivity index (χ4n) is 1.85. The Bertz CT molecular complexity index is 557. The van der Waals surface area contributed by atoms with Crippen molar-refractivity contribution in [1.82, 2.24) is 20.0 Å². The minimum Gasteiger partial charge on any atom is -0.351 e. The molecule has 0 spiro atoms. The first-order chi connectivity index (χ1) is 9.66. The summed E-state index contributed by atoms with van der Waals surface area (Å²) in [4.78, 5) is 6.61. The first-order valence-corrected chi connectivity index (χ1v) is 6.63. The number of hydrogen-bond donors (Lipinski definition) is 1.